The van der Waals surface area contributed by atoms with E-state index in [2.05, 4.69) is 9.88 Å². The van der Waals surface area contributed by atoms with Crippen molar-refractivity contribution in [3.05, 3.63) is 76.2 Å². The van der Waals surface area contributed by atoms with Gasteiger partial charge in [0.25, 0.3) is 0 Å². The van der Waals surface area contributed by atoms with Gasteiger partial charge in [-0.1, -0.05) is 29.8 Å². The van der Waals surface area contributed by atoms with Crippen molar-refractivity contribution < 1.29 is 13.2 Å². The van der Waals surface area contributed by atoms with Crippen LogP contribution in [0.3, 0.4) is 0 Å². The third-order valence-corrected chi connectivity index (χ3v) is 8.15. The van der Waals surface area contributed by atoms with Crippen molar-refractivity contribution in [1.82, 2.24) is 14.3 Å². The van der Waals surface area contributed by atoms with E-state index in [1.54, 1.807) is 31.4 Å². The summed E-state index contributed by atoms with van der Waals surface area (Å²) in [4.78, 5) is 11.7. The molecule has 0 bridgehead atoms. The maximum absolute atomic E-state index is 13.1. The number of piperazine rings is 1. The first-order chi connectivity index (χ1) is 15.8. The topological polar surface area (TPSA) is 75.6 Å². The first-order valence-electron chi connectivity index (χ1n) is 10.8. The van der Waals surface area contributed by atoms with E-state index < -0.39 is 10.0 Å². The minimum Gasteiger partial charge on any atom is -0.497 e. The molecular weight excluding hydrogens is 460 g/mol. The van der Waals surface area contributed by atoms with Gasteiger partial charge in [-0.3, -0.25) is 0 Å². The van der Waals surface area contributed by atoms with E-state index in [0.717, 1.165) is 22.6 Å². The third-order valence-electron chi connectivity index (χ3n) is 5.86. The summed E-state index contributed by atoms with van der Waals surface area (Å²) in [6.07, 6.45) is 0.617. The summed E-state index contributed by atoms with van der Waals surface area (Å²) >= 11 is 6.41. The van der Waals surface area contributed by atoms with E-state index in [9.17, 15) is 8.42 Å². The normalized spacial score (nSPS) is 15.0. The molecule has 9 heteroatoms. The predicted molar refractivity (Wildman–Crippen MR) is 130 cm³/mol. The monoisotopic (exact) mass is 486 g/mol. The molecule has 2 aromatic carbocycles. The van der Waals surface area contributed by atoms with E-state index in [0.29, 0.717) is 49.2 Å². The first kappa shape index (κ1) is 23.5. The second-order valence-corrected chi connectivity index (χ2v) is 10.3. The minimum absolute atomic E-state index is 0.268. The van der Waals surface area contributed by atoms with E-state index in [-0.39, 0.29) is 4.90 Å². The average molecular weight is 487 g/mol. The second kappa shape index (κ2) is 9.67. The summed E-state index contributed by atoms with van der Waals surface area (Å²) in [5, 5.41) is 0.707. The number of aromatic nitrogens is 2. The van der Waals surface area contributed by atoms with E-state index in [1.807, 2.05) is 38.1 Å². The summed E-state index contributed by atoms with van der Waals surface area (Å²) < 4.78 is 32.9. The number of rotatable bonds is 6. The van der Waals surface area contributed by atoms with Crippen LogP contribution < -0.4 is 9.64 Å². The van der Waals surface area contributed by atoms with Crippen LogP contribution in [-0.2, 0) is 16.4 Å². The van der Waals surface area contributed by atoms with Crippen molar-refractivity contribution in [1.29, 1.82) is 0 Å². The highest BCUT2D eigenvalue weighted by molar-refractivity contribution is 7.89. The summed E-state index contributed by atoms with van der Waals surface area (Å²) in [6.45, 7) is 5.69. The number of anilines is 1. The fourth-order valence-corrected chi connectivity index (χ4v) is 5.68. The van der Waals surface area contributed by atoms with E-state index in [1.165, 1.54) is 4.31 Å². The molecule has 1 aliphatic heterocycles. The van der Waals surface area contributed by atoms with Gasteiger partial charge in [-0.15, -0.1) is 0 Å². The van der Waals surface area contributed by atoms with Gasteiger partial charge in [0.15, 0.2) is 0 Å². The molecule has 0 spiro atoms. The van der Waals surface area contributed by atoms with Crippen LogP contribution in [0.25, 0.3) is 0 Å². The molecule has 0 unspecified atom stereocenters. The van der Waals surface area contributed by atoms with Gasteiger partial charge in [0.1, 0.15) is 17.4 Å². The van der Waals surface area contributed by atoms with Crippen molar-refractivity contribution >= 4 is 27.4 Å². The molecule has 7 nitrogen and oxygen atoms in total. The molecular formula is C24H27ClN4O3S. The maximum Gasteiger partial charge on any atom is 0.243 e. The Bertz CT molecular complexity index is 1240. The fraction of sp³-hybridized carbons (Fsp3) is 0.333. The fourth-order valence-electron chi connectivity index (χ4n) is 4.06. The molecule has 1 saturated heterocycles. The lowest BCUT2D eigenvalue weighted by Crippen LogP contribution is -2.49. The summed E-state index contributed by atoms with van der Waals surface area (Å²) in [6, 6.07) is 14.3. The zero-order chi connectivity index (χ0) is 23.6. The third kappa shape index (κ3) is 4.98. The van der Waals surface area contributed by atoms with Crippen LogP contribution in [0.15, 0.2) is 53.4 Å². The maximum atomic E-state index is 13.1. The minimum atomic E-state index is -3.57. The highest BCUT2D eigenvalue weighted by Crippen LogP contribution is 2.28. The Labute approximate surface area is 200 Å². The molecule has 0 saturated carbocycles. The Morgan fingerprint density at radius 3 is 2.27 bits per heavy atom. The number of hydrogen-bond donors (Lipinski definition) is 0. The van der Waals surface area contributed by atoms with Crippen LogP contribution in [0.1, 0.15) is 22.6 Å². The van der Waals surface area contributed by atoms with Gasteiger partial charge in [0.05, 0.1) is 12.0 Å². The lowest BCUT2D eigenvalue weighted by Gasteiger charge is -2.36. The quantitative estimate of drug-likeness (QED) is 0.526. The standard InChI is InChI=1S/C24H27ClN4O3S/c1-17-22(16-19-6-4-5-7-23(19)25)24(27-18(2)26-17)28-12-14-29(15-13-28)33(30,31)21-10-8-20(32-3)9-11-21/h4-11H,12-16H2,1-3H3. The zero-order valence-electron chi connectivity index (χ0n) is 19.0. The molecule has 0 atom stereocenters. The first-order valence-corrected chi connectivity index (χ1v) is 12.6. The van der Waals surface area contributed by atoms with Crippen molar-refractivity contribution in [2.45, 2.75) is 25.2 Å². The van der Waals surface area contributed by atoms with Gasteiger partial charge >= 0.3 is 0 Å². The molecule has 3 aromatic rings. The molecule has 174 valence electrons. The molecule has 1 aliphatic rings. The molecule has 1 fully saturated rings. The van der Waals surface area contributed by atoms with Crippen LogP contribution in [0, 0.1) is 13.8 Å². The summed E-state index contributed by atoms with van der Waals surface area (Å²) in [5.74, 6) is 2.17. The highest BCUT2D eigenvalue weighted by Gasteiger charge is 2.30. The van der Waals surface area contributed by atoms with Gasteiger partial charge in [-0.05, 0) is 49.7 Å². The number of hydrogen-bond acceptors (Lipinski definition) is 6. The van der Waals surface area contributed by atoms with Crippen molar-refractivity contribution in [2.24, 2.45) is 0 Å². The molecule has 33 heavy (non-hydrogen) atoms. The SMILES string of the molecule is COc1ccc(S(=O)(=O)N2CCN(c3nc(C)nc(C)c3Cc3ccccc3Cl)CC2)cc1. The Kier molecular flexibility index (Phi) is 6.88. The molecule has 4 rings (SSSR count). The van der Waals surface area contributed by atoms with Crippen molar-refractivity contribution in [2.75, 3.05) is 38.2 Å². The summed E-state index contributed by atoms with van der Waals surface area (Å²) in [5.41, 5.74) is 2.93. The smallest absolute Gasteiger partial charge is 0.243 e. The van der Waals surface area contributed by atoms with Crippen LogP contribution >= 0.6 is 11.6 Å². The Morgan fingerprint density at radius 1 is 0.970 bits per heavy atom. The molecule has 0 radical (unpaired) electrons. The van der Waals surface area contributed by atoms with Crippen LogP contribution in [-0.4, -0.2) is 56.0 Å². The lowest BCUT2D eigenvalue weighted by molar-refractivity contribution is 0.383. The van der Waals surface area contributed by atoms with Crippen LogP contribution in [0.4, 0.5) is 5.82 Å². The zero-order valence-corrected chi connectivity index (χ0v) is 20.5. The Morgan fingerprint density at radius 2 is 1.64 bits per heavy atom. The van der Waals surface area contributed by atoms with Gasteiger partial charge in [0.2, 0.25) is 10.0 Å². The van der Waals surface area contributed by atoms with Gasteiger partial charge < -0.3 is 9.64 Å². The highest BCUT2D eigenvalue weighted by atomic mass is 35.5. The van der Waals surface area contributed by atoms with Crippen molar-refractivity contribution in [3.63, 3.8) is 0 Å². The lowest BCUT2D eigenvalue weighted by atomic mass is 10.0. The van der Waals surface area contributed by atoms with E-state index in [4.69, 9.17) is 21.3 Å². The molecule has 0 N–H and O–H groups in total. The Balaban J connectivity index is 1.55. The van der Waals surface area contributed by atoms with Gasteiger partial charge in [-0.25, -0.2) is 18.4 Å². The van der Waals surface area contributed by atoms with Crippen LogP contribution in [0.2, 0.25) is 5.02 Å². The van der Waals surface area contributed by atoms with Crippen LogP contribution in [0.5, 0.6) is 5.75 Å². The molecule has 0 aliphatic carbocycles. The number of methoxy groups -OCH3 is 1. The number of benzene rings is 2. The number of nitrogens with zero attached hydrogens (tertiary/aromatic N) is 4. The molecule has 0 amide bonds. The average Bonchev–Trinajstić information content (AvgIpc) is 2.82. The van der Waals surface area contributed by atoms with Crippen molar-refractivity contribution in [3.8, 4) is 5.75 Å². The summed E-state index contributed by atoms with van der Waals surface area (Å²) in [7, 11) is -2.02. The number of halogens is 1. The molecule has 2 heterocycles. The number of sulfonamides is 1. The number of ether oxygens (including phenoxy) is 1. The van der Waals surface area contributed by atoms with Gasteiger partial charge in [0, 0.05) is 48.9 Å². The second-order valence-electron chi connectivity index (χ2n) is 7.99. The number of aryl methyl sites for hydroxylation is 2. The predicted octanol–water partition coefficient (Wildman–Crippen LogP) is 3.86. The largest absolute Gasteiger partial charge is 0.497 e. The Hall–Kier alpha value is -2.68. The molecule has 1 aromatic heterocycles. The van der Waals surface area contributed by atoms with E-state index >= 15 is 0 Å². The van der Waals surface area contributed by atoms with Gasteiger partial charge in [-0.2, -0.15) is 4.31 Å².